The molecule has 0 bridgehead atoms. The Bertz CT molecular complexity index is 489. The van der Waals surface area contributed by atoms with E-state index in [1.54, 1.807) is 24.3 Å². The minimum Gasteiger partial charge on any atom is -0.465 e. The third-order valence-corrected chi connectivity index (χ3v) is 3.02. The van der Waals surface area contributed by atoms with Gasteiger partial charge in [-0.2, -0.15) is 0 Å². The van der Waals surface area contributed by atoms with E-state index < -0.39 is 12.1 Å². The number of amides is 1. The molecule has 1 heterocycles. The number of carbonyl (C=O) groups is 2. The quantitative estimate of drug-likeness (QED) is 0.824. The fraction of sp³-hybridized carbons (Fsp3) is 0.385. The van der Waals surface area contributed by atoms with E-state index in [9.17, 15) is 9.59 Å². The maximum atomic E-state index is 11.8. The minimum absolute atomic E-state index is 0.0967. The van der Waals surface area contributed by atoms with Crippen molar-refractivity contribution in [3.63, 3.8) is 0 Å². The molecular formula is C13H16N2O4. The van der Waals surface area contributed by atoms with Crippen molar-refractivity contribution in [3.05, 3.63) is 29.8 Å². The largest absolute Gasteiger partial charge is 0.465 e. The molecule has 1 aromatic rings. The van der Waals surface area contributed by atoms with Crippen LogP contribution in [-0.2, 0) is 9.47 Å². The first-order valence-corrected chi connectivity index (χ1v) is 5.98. The number of hydrogen-bond acceptors (Lipinski definition) is 5. The molecule has 1 amide bonds. The molecule has 1 saturated heterocycles. The van der Waals surface area contributed by atoms with Crippen molar-refractivity contribution in [3.8, 4) is 0 Å². The normalized spacial score (nSPS) is 18.9. The average molecular weight is 264 g/mol. The van der Waals surface area contributed by atoms with E-state index in [1.807, 2.05) is 0 Å². The van der Waals surface area contributed by atoms with E-state index in [-0.39, 0.29) is 5.92 Å². The van der Waals surface area contributed by atoms with Crippen molar-refractivity contribution in [1.82, 2.24) is 0 Å². The molecule has 6 heteroatoms. The van der Waals surface area contributed by atoms with E-state index in [2.05, 4.69) is 4.74 Å². The predicted octanol–water partition coefficient (Wildman–Crippen LogP) is 1.00. The fourth-order valence-corrected chi connectivity index (χ4v) is 1.92. The Morgan fingerprint density at radius 1 is 1.58 bits per heavy atom. The number of cyclic esters (lactones) is 1. The van der Waals surface area contributed by atoms with Crippen LogP contribution in [0.4, 0.5) is 10.5 Å². The molecule has 0 aliphatic carbocycles. The number of benzene rings is 1. The molecule has 1 atom stereocenters. The van der Waals surface area contributed by atoms with Crippen molar-refractivity contribution >= 4 is 17.7 Å². The van der Waals surface area contributed by atoms with Gasteiger partial charge in [0.2, 0.25) is 0 Å². The lowest BCUT2D eigenvalue weighted by Crippen LogP contribution is -2.45. The van der Waals surface area contributed by atoms with Gasteiger partial charge in [0, 0.05) is 24.7 Å². The summed E-state index contributed by atoms with van der Waals surface area (Å²) in [6.07, 6.45) is -0.424. The van der Waals surface area contributed by atoms with Crippen LogP contribution in [0.3, 0.4) is 0 Å². The van der Waals surface area contributed by atoms with Gasteiger partial charge in [-0.05, 0) is 18.2 Å². The number of hydrogen-bond donors (Lipinski definition) is 1. The first-order valence-electron chi connectivity index (χ1n) is 5.98. The van der Waals surface area contributed by atoms with Crippen LogP contribution >= 0.6 is 0 Å². The molecule has 1 fully saturated rings. The molecule has 102 valence electrons. The molecule has 0 aromatic heterocycles. The first kappa shape index (κ1) is 13.4. The van der Waals surface area contributed by atoms with Crippen LogP contribution in [0.2, 0.25) is 0 Å². The third-order valence-electron chi connectivity index (χ3n) is 3.02. The summed E-state index contributed by atoms with van der Waals surface area (Å²) in [6, 6.07) is 6.67. The second-order valence-electron chi connectivity index (χ2n) is 4.33. The standard InChI is InChI=1S/C13H16N2O4/c1-18-12(16)10-3-2-4-11(5-10)15-7-9(6-14)8-19-13(15)17/h2-5,9H,6-8,14H2,1H3. The van der Waals surface area contributed by atoms with Crippen LogP contribution in [0.25, 0.3) is 0 Å². The number of rotatable bonds is 3. The zero-order valence-electron chi connectivity index (χ0n) is 10.7. The summed E-state index contributed by atoms with van der Waals surface area (Å²) in [5.41, 5.74) is 6.59. The van der Waals surface area contributed by atoms with Gasteiger partial charge in [0.25, 0.3) is 0 Å². The molecule has 6 nitrogen and oxygen atoms in total. The van der Waals surface area contributed by atoms with Crippen LogP contribution in [0.1, 0.15) is 10.4 Å². The van der Waals surface area contributed by atoms with E-state index in [0.717, 1.165) is 0 Å². The Labute approximate surface area is 111 Å². The predicted molar refractivity (Wildman–Crippen MR) is 69.0 cm³/mol. The van der Waals surface area contributed by atoms with Crippen LogP contribution in [0.5, 0.6) is 0 Å². The zero-order chi connectivity index (χ0) is 13.8. The van der Waals surface area contributed by atoms with Gasteiger partial charge in [0.1, 0.15) is 0 Å². The summed E-state index contributed by atoms with van der Waals surface area (Å²) in [5, 5.41) is 0. The Balaban J connectivity index is 2.24. The summed E-state index contributed by atoms with van der Waals surface area (Å²) in [4.78, 5) is 24.7. The Kier molecular flexibility index (Phi) is 4.01. The molecule has 0 saturated carbocycles. The number of nitrogens with zero attached hydrogens (tertiary/aromatic N) is 1. The molecule has 19 heavy (non-hydrogen) atoms. The average Bonchev–Trinajstić information content (AvgIpc) is 2.47. The van der Waals surface area contributed by atoms with E-state index in [0.29, 0.717) is 30.9 Å². The SMILES string of the molecule is COC(=O)c1cccc(N2CC(CN)COC2=O)c1. The van der Waals surface area contributed by atoms with Crippen LogP contribution in [0, 0.1) is 5.92 Å². The summed E-state index contributed by atoms with van der Waals surface area (Å²) in [7, 11) is 1.31. The van der Waals surface area contributed by atoms with E-state index in [4.69, 9.17) is 10.5 Å². The fourth-order valence-electron chi connectivity index (χ4n) is 1.92. The molecule has 0 spiro atoms. The lowest BCUT2D eigenvalue weighted by Gasteiger charge is -2.31. The third kappa shape index (κ3) is 2.85. The number of anilines is 1. The van der Waals surface area contributed by atoms with Gasteiger partial charge in [0.15, 0.2) is 0 Å². The monoisotopic (exact) mass is 264 g/mol. The van der Waals surface area contributed by atoms with Crippen LogP contribution < -0.4 is 10.6 Å². The molecular weight excluding hydrogens is 248 g/mol. The lowest BCUT2D eigenvalue weighted by atomic mass is 10.1. The summed E-state index contributed by atoms with van der Waals surface area (Å²) in [6.45, 7) is 1.27. The van der Waals surface area contributed by atoms with Crippen molar-refractivity contribution in [1.29, 1.82) is 0 Å². The molecule has 1 aromatic carbocycles. The highest BCUT2D eigenvalue weighted by Gasteiger charge is 2.27. The highest BCUT2D eigenvalue weighted by Crippen LogP contribution is 2.22. The van der Waals surface area contributed by atoms with Gasteiger partial charge >= 0.3 is 12.1 Å². The van der Waals surface area contributed by atoms with Gasteiger partial charge in [-0.1, -0.05) is 6.07 Å². The second kappa shape index (κ2) is 5.71. The number of esters is 1. The Morgan fingerprint density at radius 2 is 2.37 bits per heavy atom. The number of nitrogens with two attached hydrogens (primary N) is 1. The van der Waals surface area contributed by atoms with Gasteiger partial charge in [-0.15, -0.1) is 0 Å². The van der Waals surface area contributed by atoms with Crippen molar-refractivity contribution in [2.45, 2.75) is 0 Å². The molecule has 2 rings (SSSR count). The van der Waals surface area contributed by atoms with Crippen molar-refractivity contribution in [2.24, 2.45) is 11.7 Å². The van der Waals surface area contributed by atoms with Gasteiger partial charge < -0.3 is 15.2 Å². The minimum atomic E-state index is -0.442. The Hall–Kier alpha value is -2.08. The topological polar surface area (TPSA) is 81.9 Å². The molecule has 1 aliphatic rings. The van der Waals surface area contributed by atoms with E-state index in [1.165, 1.54) is 12.0 Å². The van der Waals surface area contributed by atoms with Crippen LogP contribution in [-0.4, -0.2) is 38.9 Å². The number of ether oxygens (including phenoxy) is 2. The van der Waals surface area contributed by atoms with Crippen molar-refractivity contribution in [2.75, 3.05) is 31.7 Å². The van der Waals surface area contributed by atoms with Crippen LogP contribution in [0.15, 0.2) is 24.3 Å². The first-order chi connectivity index (χ1) is 9.15. The molecule has 1 aliphatic heterocycles. The van der Waals surface area contributed by atoms with Gasteiger partial charge in [0.05, 0.1) is 19.3 Å². The summed E-state index contributed by atoms with van der Waals surface area (Å²) in [5.74, 6) is -0.345. The van der Waals surface area contributed by atoms with E-state index >= 15 is 0 Å². The highest BCUT2D eigenvalue weighted by atomic mass is 16.6. The smallest absolute Gasteiger partial charge is 0.414 e. The van der Waals surface area contributed by atoms with Gasteiger partial charge in [-0.3, -0.25) is 4.90 Å². The summed E-state index contributed by atoms with van der Waals surface area (Å²) >= 11 is 0. The highest BCUT2D eigenvalue weighted by molar-refractivity contribution is 5.93. The lowest BCUT2D eigenvalue weighted by molar-refractivity contribution is 0.0600. The number of methoxy groups -OCH3 is 1. The second-order valence-corrected chi connectivity index (χ2v) is 4.33. The zero-order valence-corrected chi connectivity index (χ0v) is 10.7. The summed E-state index contributed by atoms with van der Waals surface area (Å²) < 4.78 is 9.72. The molecule has 2 N–H and O–H groups in total. The Morgan fingerprint density at radius 3 is 3.05 bits per heavy atom. The number of carbonyl (C=O) groups excluding carboxylic acids is 2. The maximum absolute atomic E-state index is 11.8. The molecule has 0 radical (unpaired) electrons. The molecule has 1 unspecified atom stereocenters. The van der Waals surface area contributed by atoms with Gasteiger partial charge in [-0.25, -0.2) is 9.59 Å². The van der Waals surface area contributed by atoms with Crippen molar-refractivity contribution < 1.29 is 19.1 Å². The maximum Gasteiger partial charge on any atom is 0.414 e.